The summed E-state index contributed by atoms with van der Waals surface area (Å²) >= 11 is 11.3. The Morgan fingerprint density at radius 2 is 1.19 bits per heavy atom. The van der Waals surface area contributed by atoms with Crippen LogP contribution in [-0.2, 0) is 0 Å². The maximum absolute atomic E-state index is 5.63. The summed E-state index contributed by atoms with van der Waals surface area (Å²) in [5, 5.41) is 1.01. The van der Waals surface area contributed by atoms with Gasteiger partial charge in [0.2, 0.25) is 0 Å². The largest absolute Gasteiger partial charge is 0.116 e. The predicted molar refractivity (Wildman–Crippen MR) is 75.9 cm³/mol. The van der Waals surface area contributed by atoms with Crippen molar-refractivity contribution in [3.05, 3.63) is 66.2 Å². The van der Waals surface area contributed by atoms with Crippen LogP contribution in [-0.4, -0.2) is 0 Å². The first-order valence-corrected chi connectivity index (χ1v) is 8.03. The van der Waals surface area contributed by atoms with Gasteiger partial charge in [0, 0.05) is 5.30 Å². The van der Waals surface area contributed by atoms with E-state index in [1.165, 1.54) is 5.56 Å². The number of aryl methyl sites for hydroxylation is 1. The standard InChI is InChI=1S/C7H8.C6H5Cl2P/c1-7-5-3-2-4-6-7;7-9(8)6-4-2-1-3-5-6/h2-6H,1H3;1-5H. The van der Waals surface area contributed by atoms with Crippen LogP contribution in [0, 0.1) is 6.92 Å². The van der Waals surface area contributed by atoms with Crippen molar-refractivity contribution in [3.63, 3.8) is 0 Å². The SMILES string of the molecule is Cc1ccccc1.ClP(Cl)c1ccccc1. The van der Waals surface area contributed by atoms with Crippen molar-refractivity contribution >= 4 is 34.4 Å². The average molecular weight is 271 g/mol. The molecule has 2 aromatic rings. The zero-order valence-electron chi connectivity index (χ0n) is 8.98. The van der Waals surface area contributed by atoms with Gasteiger partial charge in [-0.05, 0) is 6.92 Å². The highest BCUT2D eigenvalue weighted by Crippen LogP contribution is 2.44. The Labute approximate surface area is 108 Å². The third-order valence-electron chi connectivity index (χ3n) is 1.89. The Balaban J connectivity index is 0.000000165. The molecule has 0 atom stereocenters. The topological polar surface area (TPSA) is 0 Å². The molecule has 2 aromatic carbocycles. The normalized spacial score (nSPS) is 9.50. The minimum absolute atomic E-state index is 0.951. The molecule has 0 aliphatic rings. The number of hydrogen-bond donors (Lipinski definition) is 0. The first kappa shape index (κ1) is 13.5. The van der Waals surface area contributed by atoms with Crippen molar-refractivity contribution in [2.45, 2.75) is 6.92 Å². The summed E-state index contributed by atoms with van der Waals surface area (Å²) in [5.74, 6) is 0. The van der Waals surface area contributed by atoms with E-state index in [0.29, 0.717) is 0 Å². The van der Waals surface area contributed by atoms with E-state index in [-0.39, 0.29) is 0 Å². The van der Waals surface area contributed by atoms with E-state index >= 15 is 0 Å². The van der Waals surface area contributed by atoms with Gasteiger partial charge in [-0.25, -0.2) is 0 Å². The zero-order chi connectivity index (χ0) is 11.8. The van der Waals surface area contributed by atoms with E-state index in [4.69, 9.17) is 22.5 Å². The highest BCUT2D eigenvalue weighted by atomic mass is 35.9. The first-order chi connectivity index (χ1) is 7.70. The molecule has 0 heterocycles. The lowest BCUT2D eigenvalue weighted by Crippen LogP contribution is -1.89. The molecule has 0 fully saturated rings. The number of rotatable bonds is 1. The molecule has 0 aromatic heterocycles. The monoisotopic (exact) mass is 270 g/mol. The van der Waals surface area contributed by atoms with Crippen molar-refractivity contribution in [1.29, 1.82) is 0 Å². The molecule has 0 aliphatic carbocycles. The van der Waals surface area contributed by atoms with Crippen LogP contribution in [0.5, 0.6) is 0 Å². The summed E-state index contributed by atoms with van der Waals surface area (Å²) in [6, 6.07) is 19.9. The third kappa shape index (κ3) is 5.51. The van der Waals surface area contributed by atoms with Gasteiger partial charge < -0.3 is 0 Å². The minimum Gasteiger partial charge on any atom is -0.0727 e. The second-order valence-corrected chi connectivity index (χ2v) is 6.75. The van der Waals surface area contributed by atoms with Crippen molar-refractivity contribution in [2.24, 2.45) is 0 Å². The lowest BCUT2D eigenvalue weighted by molar-refractivity contribution is 1.48. The molecule has 16 heavy (non-hydrogen) atoms. The van der Waals surface area contributed by atoms with E-state index in [1.807, 2.05) is 48.5 Å². The molecule has 0 bridgehead atoms. The van der Waals surface area contributed by atoms with Crippen LogP contribution in [0.4, 0.5) is 0 Å². The van der Waals surface area contributed by atoms with Crippen LogP contribution in [0.2, 0.25) is 0 Å². The van der Waals surface area contributed by atoms with Gasteiger partial charge in [-0.1, -0.05) is 88.7 Å². The van der Waals surface area contributed by atoms with Gasteiger partial charge in [-0.15, -0.1) is 0 Å². The van der Waals surface area contributed by atoms with Crippen molar-refractivity contribution < 1.29 is 0 Å². The van der Waals surface area contributed by atoms with Gasteiger partial charge in [-0.3, -0.25) is 0 Å². The maximum atomic E-state index is 5.63. The summed E-state index contributed by atoms with van der Waals surface area (Å²) in [6.45, 7) is 1.13. The quantitative estimate of drug-likeness (QED) is 0.633. The fourth-order valence-electron chi connectivity index (χ4n) is 1.08. The van der Waals surface area contributed by atoms with Gasteiger partial charge >= 0.3 is 0 Å². The Morgan fingerprint density at radius 3 is 1.44 bits per heavy atom. The Hall–Kier alpha value is -0.550. The Kier molecular flexibility index (Phi) is 6.49. The molecule has 0 nitrogen and oxygen atoms in total. The van der Waals surface area contributed by atoms with E-state index < -0.39 is 6.63 Å². The lowest BCUT2D eigenvalue weighted by Gasteiger charge is -1.96. The van der Waals surface area contributed by atoms with Crippen molar-refractivity contribution in [2.75, 3.05) is 0 Å². The average Bonchev–Trinajstić information content (AvgIpc) is 2.32. The van der Waals surface area contributed by atoms with Gasteiger partial charge in [0.05, 0.1) is 0 Å². The number of halogens is 2. The van der Waals surface area contributed by atoms with Crippen LogP contribution in [0.1, 0.15) is 5.56 Å². The van der Waals surface area contributed by atoms with Crippen LogP contribution < -0.4 is 5.30 Å². The van der Waals surface area contributed by atoms with Gasteiger partial charge in [-0.2, -0.15) is 0 Å². The van der Waals surface area contributed by atoms with Crippen molar-refractivity contribution in [3.8, 4) is 0 Å². The Bertz CT molecular complexity index is 387. The summed E-state index contributed by atoms with van der Waals surface area (Å²) < 4.78 is 0. The molecule has 0 spiro atoms. The van der Waals surface area contributed by atoms with Crippen LogP contribution >= 0.6 is 29.1 Å². The first-order valence-electron chi connectivity index (χ1n) is 4.88. The highest BCUT2D eigenvalue weighted by Gasteiger charge is 1.99. The van der Waals surface area contributed by atoms with Crippen LogP contribution in [0.15, 0.2) is 60.7 Å². The molecule has 0 saturated carbocycles. The van der Waals surface area contributed by atoms with E-state index in [2.05, 4.69) is 19.1 Å². The van der Waals surface area contributed by atoms with Crippen LogP contribution in [0.25, 0.3) is 0 Å². The smallest absolute Gasteiger partial charge is 0.0727 e. The molecule has 3 heteroatoms. The fraction of sp³-hybridized carbons (Fsp3) is 0.0769. The van der Waals surface area contributed by atoms with Crippen LogP contribution in [0.3, 0.4) is 0 Å². The lowest BCUT2D eigenvalue weighted by atomic mass is 10.2. The van der Waals surface area contributed by atoms with Crippen molar-refractivity contribution in [1.82, 2.24) is 0 Å². The zero-order valence-corrected chi connectivity index (χ0v) is 11.4. The van der Waals surface area contributed by atoms with Gasteiger partial charge in [0.1, 0.15) is 6.63 Å². The molecule has 0 unspecified atom stereocenters. The number of hydrogen-bond acceptors (Lipinski definition) is 0. The van der Waals surface area contributed by atoms with E-state index in [1.54, 1.807) is 0 Å². The molecule has 0 aliphatic heterocycles. The van der Waals surface area contributed by atoms with Gasteiger partial charge in [0.25, 0.3) is 0 Å². The number of benzene rings is 2. The summed E-state index contributed by atoms with van der Waals surface area (Å²) in [5.41, 5.74) is 1.32. The highest BCUT2D eigenvalue weighted by molar-refractivity contribution is 8.08. The molecule has 0 amide bonds. The molecule has 0 N–H and O–H groups in total. The molecule has 2 rings (SSSR count). The minimum atomic E-state index is -0.951. The Morgan fingerprint density at radius 1 is 0.750 bits per heavy atom. The molecular weight excluding hydrogens is 258 g/mol. The summed E-state index contributed by atoms with van der Waals surface area (Å²) in [4.78, 5) is 0. The van der Waals surface area contributed by atoms with Gasteiger partial charge in [0.15, 0.2) is 0 Å². The second kappa shape index (κ2) is 7.68. The van der Waals surface area contributed by atoms with E-state index in [0.717, 1.165) is 5.30 Å². The van der Waals surface area contributed by atoms with E-state index in [9.17, 15) is 0 Å². The molecule has 0 saturated heterocycles. The summed E-state index contributed by atoms with van der Waals surface area (Å²) in [7, 11) is 0. The fourth-order valence-corrected chi connectivity index (χ4v) is 2.15. The second-order valence-electron chi connectivity index (χ2n) is 3.22. The molecular formula is C13H13Cl2P. The maximum Gasteiger partial charge on any atom is 0.116 e. The molecule has 84 valence electrons. The predicted octanol–water partition coefficient (Wildman–Crippen LogP) is 5.10. The molecule has 0 radical (unpaired) electrons. The third-order valence-corrected chi connectivity index (χ3v) is 3.75. The summed E-state index contributed by atoms with van der Waals surface area (Å²) in [6.07, 6.45) is 0.